The number of nitrogens with two attached hydrogens (primary N) is 1. The van der Waals surface area contributed by atoms with Crippen molar-refractivity contribution in [3.8, 4) is 11.1 Å². The molecule has 6 nitrogen and oxygen atoms in total. The van der Waals surface area contributed by atoms with E-state index in [0.717, 1.165) is 90.8 Å². The number of anilines is 2. The van der Waals surface area contributed by atoms with Crippen molar-refractivity contribution in [3.05, 3.63) is 83.4 Å². The molecule has 0 radical (unpaired) electrons. The Bertz CT molecular complexity index is 1420. The maximum Gasteiger partial charge on any atom is 0.227 e. The fraction of sp³-hybridized carbons (Fsp3) is 0.459. The summed E-state index contributed by atoms with van der Waals surface area (Å²) in [5, 5.41) is 3.36. The molecule has 3 aliphatic rings. The van der Waals surface area contributed by atoms with Gasteiger partial charge in [0.1, 0.15) is 0 Å². The van der Waals surface area contributed by atoms with Crippen LogP contribution in [-0.2, 0) is 29.2 Å². The molecule has 3 fully saturated rings. The Kier molecular flexibility index (Phi) is 9.42. The van der Waals surface area contributed by atoms with Crippen molar-refractivity contribution in [2.24, 2.45) is 17.6 Å². The number of carbonyl (C=O) groups excluding carboxylic acids is 2. The molecule has 0 aromatic heterocycles. The summed E-state index contributed by atoms with van der Waals surface area (Å²) in [6.45, 7) is 3.69. The summed E-state index contributed by atoms with van der Waals surface area (Å²) in [4.78, 5) is 31.1. The molecule has 226 valence electrons. The number of hydrogen-bond acceptors (Lipinski definition) is 4. The van der Waals surface area contributed by atoms with Gasteiger partial charge in [-0.1, -0.05) is 74.2 Å². The topological polar surface area (TPSA) is 78.7 Å². The van der Waals surface area contributed by atoms with Gasteiger partial charge in [-0.2, -0.15) is 0 Å². The van der Waals surface area contributed by atoms with E-state index in [-0.39, 0.29) is 23.7 Å². The Labute approximate surface area is 256 Å². The van der Waals surface area contributed by atoms with E-state index < -0.39 is 0 Å². The Morgan fingerprint density at radius 1 is 0.721 bits per heavy atom. The highest BCUT2D eigenvalue weighted by atomic mass is 16.2. The van der Waals surface area contributed by atoms with Crippen molar-refractivity contribution in [3.63, 3.8) is 0 Å². The minimum absolute atomic E-state index is 0.115. The first-order valence-corrected chi connectivity index (χ1v) is 16.4. The third kappa shape index (κ3) is 7.48. The molecule has 2 amide bonds. The van der Waals surface area contributed by atoms with Gasteiger partial charge in [0.25, 0.3) is 0 Å². The van der Waals surface area contributed by atoms with Crippen molar-refractivity contribution >= 4 is 23.2 Å². The van der Waals surface area contributed by atoms with Crippen LogP contribution in [0.15, 0.2) is 66.7 Å². The fourth-order valence-electron chi connectivity index (χ4n) is 6.77. The molecule has 1 heterocycles. The maximum absolute atomic E-state index is 13.3. The van der Waals surface area contributed by atoms with Gasteiger partial charge in [-0.05, 0) is 84.5 Å². The normalized spacial score (nSPS) is 17.5. The minimum atomic E-state index is 0.115. The molecule has 2 saturated carbocycles. The number of nitrogens with one attached hydrogen (secondary N) is 1. The third-order valence-electron chi connectivity index (χ3n) is 9.40. The zero-order chi connectivity index (χ0) is 29.6. The van der Waals surface area contributed by atoms with E-state index in [1.165, 1.54) is 25.7 Å². The van der Waals surface area contributed by atoms with E-state index in [4.69, 9.17) is 5.73 Å². The van der Waals surface area contributed by atoms with E-state index >= 15 is 0 Å². The highest BCUT2D eigenvalue weighted by Gasteiger charge is 2.33. The average Bonchev–Trinajstić information content (AvgIpc) is 3.80. The zero-order valence-electron chi connectivity index (χ0n) is 25.4. The second-order valence-electron chi connectivity index (χ2n) is 12.8. The van der Waals surface area contributed by atoms with Crippen molar-refractivity contribution in [1.82, 2.24) is 4.90 Å². The van der Waals surface area contributed by atoms with Gasteiger partial charge in [-0.15, -0.1) is 0 Å². The molecular weight excluding hydrogens is 532 g/mol. The SMILES string of the molecule is NCc1cccc(CN(Cc2cccc(-c3ccc(N4CCCCCC4)c(NC(=O)C4CCCC4)c3)c2)C(=O)C2CC2)c1. The van der Waals surface area contributed by atoms with Gasteiger partial charge < -0.3 is 20.9 Å². The van der Waals surface area contributed by atoms with Crippen LogP contribution in [0.4, 0.5) is 11.4 Å². The van der Waals surface area contributed by atoms with Crippen LogP contribution in [0, 0.1) is 11.8 Å². The first kappa shape index (κ1) is 29.4. The number of benzene rings is 3. The van der Waals surface area contributed by atoms with Crippen LogP contribution < -0.4 is 16.0 Å². The van der Waals surface area contributed by atoms with Crippen LogP contribution in [0.25, 0.3) is 11.1 Å². The first-order chi connectivity index (χ1) is 21.1. The molecule has 0 atom stereocenters. The van der Waals surface area contributed by atoms with Crippen molar-refractivity contribution in [2.45, 2.75) is 83.8 Å². The lowest BCUT2D eigenvalue weighted by Gasteiger charge is -2.27. The predicted molar refractivity (Wildman–Crippen MR) is 174 cm³/mol. The summed E-state index contributed by atoms with van der Waals surface area (Å²) in [5.74, 6) is 0.664. The van der Waals surface area contributed by atoms with Crippen molar-refractivity contribution < 1.29 is 9.59 Å². The molecule has 3 aromatic rings. The molecular formula is C37H46N4O2. The monoisotopic (exact) mass is 578 g/mol. The molecule has 43 heavy (non-hydrogen) atoms. The van der Waals surface area contributed by atoms with E-state index in [1.54, 1.807) is 0 Å². The second kappa shape index (κ2) is 13.8. The first-order valence-electron chi connectivity index (χ1n) is 16.4. The van der Waals surface area contributed by atoms with Gasteiger partial charge in [-0.25, -0.2) is 0 Å². The quantitative estimate of drug-likeness (QED) is 0.265. The molecule has 0 unspecified atom stereocenters. The van der Waals surface area contributed by atoms with Crippen LogP contribution in [0.3, 0.4) is 0 Å². The minimum Gasteiger partial charge on any atom is -0.370 e. The van der Waals surface area contributed by atoms with Crippen LogP contribution in [0.2, 0.25) is 0 Å². The number of amides is 2. The molecule has 0 spiro atoms. The van der Waals surface area contributed by atoms with E-state index in [0.29, 0.717) is 19.6 Å². The Hall–Kier alpha value is -3.64. The second-order valence-corrected chi connectivity index (χ2v) is 12.8. The number of rotatable bonds is 10. The molecule has 0 bridgehead atoms. The smallest absolute Gasteiger partial charge is 0.227 e. The molecule has 3 aromatic carbocycles. The third-order valence-corrected chi connectivity index (χ3v) is 9.40. The van der Waals surface area contributed by atoms with Crippen LogP contribution in [0.1, 0.15) is 80.9 Å². The lowest BCUT2D eigenvalue weighted by Crippen LogP contribution is -2.31. The molecule has 2 aliphatic carbocycles. The average molecular weight is 579 g/mol. The standard InChI is InChI=1S/C37H46N4O2/c38-24-27-9-7-10-28(21-27)25-41(37(43)31-15-16-31)26-29-11-8-14-32(22-29)33-17-18-35(40-19-5-1-2-6-20-40)34(23-33)39-36(42)30-12-3-4-13-30/h7-11,14,17-18,21-23,30-31H,1-6,12-13,15-16,19-20,24-26,38H2,(H,39,42). The summed E-state index contributed by atoms with van der Waals surface area (Å²) in [6, 6.07) is 23.3. The van der Waals surface area contributed by atoms with E-state index in [2.05, 4.69) is 64.8 Å². The number of hydrogen-bond donors (Lipinski definition) is 2. The van der Waals surface area contributed by atoms with E-state index in [9.17, 15) is 9.59 Å². The van der Waals surface area contributed by atoms with Crippen LogP contribution >= 0.6 is 0 Å². The summed E-state index contributed by atoms with van der Waals surface area (Å²) < 4.78 is 0. The predicted octanol–water partition coefficient (Wildman–Crippen LogP) is 7.26. The molecule has 6 heteroatoms. The summed E-state index contributed by atoms with van der Waals surface area (Å²) >= 11 is 0. The molecule has 1 saturated heterocycles. The molecule has 6 rings (SSSR count). The number of nitrogens with zero attached hydrogens (tertiary/aromatic N) is 2. The van der Waals surface area contributed by atoms with Crippen LogP contribution in [-0.4, -0.2) is 29.8 Å². The van der Waals surface area contributed by atoms with E-state index in [1.807, 2.05) is 17.0 Å². The Morgan fingerprint density at radius 3 is 2.07 bits per heavy atom. The van der Waals surface area contributed by atoms with Crippen molar-refractivity contribution in [2.75, 3.05) is 23.3 Å². The summed E-state index contributed by atoms with van der Waals surface area (Å²) in [5.41, 5.74) is 13.4. The number of carbonyl (C=O) groups is 2. The van der Waals surface area contributed by atoms with Gasteiger partial charge in [0.15, 0.2) is 0 Å². The van der Waals surface area contributed by atoms with Gasteiger partial charge in [0.2, 0.25) is 11.8 Å². The largest absolute Gasteiger partial charge is 0.370 e. The fourth-order valence-corrected chi connectivity index (χ4v) is 6.77. The zero-order valence-corrected chi connectivity index (χ0v) is 25.4. The van der Waals surface area contributed by atoms with Gasteiger partial charge in [0.05, 0.1) is 11.4 Å². The van der Waals surface area contributed by atoms with Crippen molar-refractivity contribution in [1.29, 1.82) is 0 Å². The highest BCUT2D eigenvalue weighted by Crippen LogP contribution is 2.36. The summed E-state index contributed by atoms with van der Waals surface area (Å²) in [6.07, 6.45) is 11.1. The van der Waals surface area contributed by atoms with Gasteiger partial charge >= 0.3 is 0 Å². The lowest BCUT2D eigenvalue weighted by atomic mass is 10.0. The highest BCUT2D eigenvalue weighted by molar-refractivity contribution is 5.97. The van der Waals surface area contributed by atoms with Gasteiger partial charge in [0, 0.05) is 44.6 Å². The maximum atomic E-state index is 13.3. The molecule has 3 N–H and O–H groups in total. The Balaban J connectivity index is 1.26. The summed E-state index contributed by atoms with van der Waals surface area (Å²) in [7, 11) is 0. The van der Waals surface area contributed by atoms with Crippen LogP contribution in [0.5, 0.6) is 0 Å². The molecule has 1 aliphatic heterocycles. The van der Waals surface area contributed by atoms with Gasteiger partial charge in [-0.3, -0.25) is 9.59 Å². The Morgan fingerprint density at radius 2 is 1.37 bits per heavy atom. The lowest BCUT2D eigenvalue weighted by molar-refractivity contribution is -0.133.